The molecular weight excluding hydrogens is 292 g/mol. The maximum Gasteiger partial charge on any atom is 0.335 e. The van der Waals surface area contributed by atoms with Gasteiger partial charge in [-0.05, 0) is 55.0 Å². The molecular formula is C18H16N2O3. The number of carboxylic acid groups (broad SMARTS) is 1. The summed E-state index contributed by atoms with van der Waals surface area (Å²) >= 11 is 0. The third-order valence-electron chi connectivity index (χ3n) is 3.59. The lowest BCUT2D eigenvalue weighted by Crippen LogP contribution is -1.98. The van der Waals surface area contributed by atoms with Crippen LogP contribution in [0.2, 0.25) is 0 Å². The molecule has 5 nitrogen and oxygen atoms in total. The first kappa shape index (κ1) is 14.8. The van der Waals surface area contributed by atoms with Gasteiger partial charge in [0.15, 0.2) is 0 Å². The second kappa shape index (κ2) is 5.96. The Hall–Kier alpha value is -3.08. The third kappa shape index (κ3) is 2.94. The molecule has 5 heteroatoms. The van der Waals surface area contributed by atoms with E-state index in [1.165, 1.54) is 0 Å². The first-order chi connectivity index (χ1) is 11.1. The summed E-state index contributed by atoms with van der Waals surface area (Å²) in [5.74, 6) is -0.212. The number of ether oxygens (including phenoxy) is 1. The molecule has 3 rings (SSSR count). The predicted octanol–water partition coefficient (Wildman–Crippen LogP) is 3.99. The zero-order valence-electron chi connectivity index (χ0n) is 12.8. The third-order valence-corrected chi connectivity index (χ3v) is 3.59. The number of rotatable bonds is 4. The number of hydrogen-bond donors (Lipinski definition) is 2. The van der Waals surface area contributed by atoms with Crippen LogP contribution in [-0.2, 0) is 0 Å². The summed E-state index contributed by atoms with van der Waals surface area (Å²) in [6.07, 6.45) is 1.72. The van der Waals surface area contributed by atoms with Crippen LogP contribution in [0.1, 0.15) is 15.9 Å². The van der Waals surface area contributed by atoms with Crippen molar-refractivity contribution in [1.82, 2.24) is 4.98 Å². The minimum atomic E-state index is -0.939. The summed E-state index contributed by atoms with van der Waals surface area (Å²) in [7, 11) is 1.63. The summed E-state index contributed by atoms with van der Waals surface area (Å²) < 4.78 is 5.40. The number of aromatic nitrogens is 1. The van der Waals surface area contributed by atoms with Gasteiger partial charge in [-0.3, -0.25) is 4.98 Å². The highest BCUT2D eigenvalue weighted by atomic mass is 16.5. The molecule has 0 bridgehead atoms. The molecule has 0 aliphatic heterocycles. The molecule has 0 aliphatic carbocycles. The van der Waals surface area contributed by atoms with E-state index in [0.29, 0.717) is 0 Å². The summed E-state index contributed by atoms with van der Waals surface area (Å²) in [6.45, 7) is 2.00. The Kier molecular flexibility index (Phi) is 3.85. The summed E-state index contributed by atoms with van der Waals surface area (Å²) in [4.78, 5) is 15.3. The molecule has 1 heterocycles. The Labute approximate surface area is 133 Å². The molecule has 0 spiro atoms. The number of anilines is 2. The van der Waals surface area contributed by atoms with Crippen LogP contribution in [0.15, 0.2) is 48.7 Å². The number of methoxy groups -OCH3 is 1. The molecule has 1 aromatic heterocycles. The Balaban J connectivity index is 2.03. The van der Waals surface area contributed by atoms with E-state index in [0.717, 1.165) is 33.6 Å². The van der Waals surface area contributed by atoms with E-state index in [-0.39, 0.29) is 5.56 Å². The van der Waals surface area contributed by atoms with Crippen molar-refractivity contribution in [3.05, 3.63) is 59.8 Å². The van der Waals surface area contributed by atoms with Crippen LogP contribution >= 0.6 is 0 Å². The maximum atomic E-state index is 10.9. The second-order valence-corrected chi connectivity index (χ2v) is 5.23. The van der Waals surface area contributed by atoms with Crippen molar-refractivity contribution >= 4 is 28.2 Å². The van der Waals surface area contributed by atoms with Gasteiger partial charge in [0.2, 0.25) is 0 Å². The smallest absolute Gasteiger partial charge is 0.335 e. The monoisotopic (exact) mass is 308 g/mol. The molecule has 0 fully saturated rings. The molecule has 116 valence electrons. The van der Waals surface area contributed by atoms with Crippen LogP contribution in [0.4, 0.5) is 11.4 Å². The highest BCUT2D eigenvalue weighted by Crippen LogP contribution is 2.32. The van der Waals surface area contributed by atoms with E-state index in [2.05, 4.69) is 10.3 Å². The van der Waals surface area contributed by atoms with Gasteiger partial charge in [-0.25, -0.2) is 4.79 Å². The van der Waals surface area contributed by atoms with E-state index < -0.39 is 5.97 Å². The first-order valence-corrected chi connectivity index (χ1v) is 7.12. The van der Waals surface area contributed by atoms with Gasteiger partial charge in [0.05, 0.1) is 12.7 Å². The lowest BCUT2D eigenvalue weighted by Gasteiger charge is -2.12. The standard InChI is InChI=1S/C18H16N2O3/c1-11-9-14-15(7-8-19-17(14)16(10-11)23-2)20-13-5-3-12(4-6-13)18(21)22/h3-10H,1-2H3,(H,19,20)(H,21,22). The van der Waals surface area contributed by atoms with Crippen LogP contribution in [0, 0.1) is 6.92 Å². The number of aryl methyl sites for hydroxylation is 1. The number of fused-ring (bicyclic) bond motifs is 1. The molecule has 2 aromatic carbocycles. The van der Waals surface area contributed by atoms with Crippen LogP contribution in [0.5, 0.6) is 5.75 Å². The van der Waals surface area contributed by atoms with E-state index in [1.54, 1.807) is 37.6 Å². The van der Waals surface area contributed by atoms with E-state index >= 15 is 0 Å². The summed E-state index contributed by atoms with van der Waals surface area (Å²) in [5, 5.41) is 13.2. The Morgan fingerprint density at radius 1 is 1.17 bits per heavy atom. The predicted molar refractivity (Wildman–Crippen MR) is 89.7 cm³/mol. The van der Waals surface area contributed by atoms with Crippen molar-refractivity contribution < 1.29 is 14.6 Å². The molecule has 0 saturated carbocycles. The maximum absolute atomic E-state index is 10.9. The number of nitrogens with zero attached hydrogens (tertiary/aromatic N) is 1. The lowest BCUT2D eigenvalue weighted by molar-refractivity contribution is 0.0697. The molecule has 0 atom stereocenters. The van der Waals surface area contributed by atoms with Gasteiger partial charge in [-0.15, -0.1) is 0 Å². The highest BCUT2D eigenvalue weighted by molar-refractivity contribution is 5.97. The van der Waals surface area contributed by atoms with Gasteiger partial charge in [0.1, 0.15) is 11.3 Å². The number of nitrogens with one attached hydrogen (secondary N) is 1. The first-order valence-electron chi connectivity index (χ1n) is 7.12. The minimum absolute atomic E-state index is 0.257. The van der Waals surface area contributed by atoms with Crippen LogP contribution in [-0.4, -0.2) is 23.2 Å². The van der Waals surface area contributed by atoms with Crippen molar-refractivity contribution in [3.63, 3.8) is 0 Å². The van der Waals surface area contributed by atoms with Gasteiger partial charge < -0.3 is 15.2 Å². The Bertz CT molecular complexity index is 873. The topological polar surface area (TPSA) is 71.5 Å². The van der Waals surface area contributed by atoms with Crippen molar-refractivity contribution in [2.24, 2.45) is 0 Å². The minimum Gasteiger partial charge on any atom is -0.494 e. The van der Waals surface area contributed by atoms with Crippen LogP contribution in [0.25, 0.3) is 10.9 Å². The van der Waals surface area contributed by atoms with Gasteiger partial charge >= 0.3 is 5.97 Å². The quantitative estimate of drug-likeness (QED) is 0.762. The zero-order valence-corrected chi connectivity index (χ0v) is 12.8. The molecule has 23 heavy (non-hydrogen) atoms. The summed E-state index contributed by atoms with van der Waals surface area (Å²) in [6, 6.07) is 12.5. The summed E-state index contributed by atoms with van der Waals surface area (Å²) in [5.41, 5.74) is 3.81. The highest BCUT2D eigenvalue weighted by Gasteiger charge is 2.09. The largest absolute Gasteiger partial charge is 0.494 e. The number of pyridine rings is 1. The fourth-order valence-corrected chi connectivity index (χ4v) is 2.48. The molecule has 0 unspecified atom stereocenters. The lowest BCUT2D eigenvalue weighted by atomic mass is 10.1. The van der Waals surface area contributed by atoms with Crippen LogP contribution < -0.4 is 10.1 Å². The van der Waals surface area contributed by atoms with Gasteiger partial charge in [0, 0.05) is 23.0 Å². The fourth-order valence-electron chi connectivity index (χ4n) is 2.48. The Morgan fingerprint density at radius 2 is 1.91 bits per heavy atom. The number of aromatic carboxylic acids is 1. The van der Waals surface area contributed by atoms with E-state index in [1.807, 2.05) is 25.1 Å². The van der Waals surface area contributed by atoms with Crippen molar-refractivity contribution in [1.29, 1.82) is 0 Å². The van der Waals surface area contributed by atoms with E-state index in [4.69, 9.17) is 9.84 Å². The SMILES string of the molecule is COc1cc(C)cc2c(Nc3ccc(C(=O)O)cc3)ccnc12. The van der Waals surface area contributed by atoms with Crippen molar-refractivity contribution in [2.45, 2.75) is 6.92 Å². The molecule has 0 amide bonds. The second-order valence-electron chi connectivity index (χ2n) is 5.23. The normalized spacial score (nSPS) is 10.5. The van der Waals surface area contributed by atoms with Crippen LogP contribution in [0.3, 0.4) is 0 Å². The molecule has 3 aromatic rings. The van der Waals surface area contributed by atoms with Gasteiger partial charge in [-0.2, -0.15) is 0 Å². The average Bonchev–Trinajstić information content (AvgIpc) is 2.55. The molecule has 0 saturated heterocycles. The Morgan fingerprint density at radius 3 is 2.57 bits per heavy atom. The number of benzene rings is 2. The number of carboxylic acids is 1. The number of carbonyl (C=O) groups is 1. The zero-order chi connectivity index (χ0) is 16.4. The van der Waals surface area contributed by atoms with Crippen molar-refractivity contribution in [2.75, 3.05) is 12.4 Å². The van der Waals surface area contributed by atoms with Gasteiger partial charge in [0.25, 0.3) is 0 Å². The van der Waals surface area contributed by atoms with E-state index in [9.17, 15) is 4.79 Å². The molecule has 0 aliphatic rings. The molecule has 0 radical (unpaired) electrons. The average molecular weight is 308 g/mol. The van der Waals surface area contributed by atoms with Crippen molar-refractivity contribution in [3.8, 4) is 5.75 Å². The number of hydrogen-bond acceptors (Lipinski definition) is 4. The fraction of sp³-hybridized carbons (Fsp3) is 0.111. The molecule has 2 N–H and O–H groups in total. The van der Waals surface area contributed by atoms with Gasteiger partial charge in [-0.1, -0.05) is 0 Å².